The fraction of sp³-hybridized carbons (Fsp3) is 0.412. The van der Waals surface area contributed by atoms with Crippen molar-refractivity contribution in [1.29, 1.82) is 0 Å². The smallest absolute Gasteiger partial charge is 0.337 e. The molecule has 1 aromatic carbocycles. The highest BCUT2D eigenvalue weighted by Gasteiger charge is 2.37. The molecule has 0 aliphatic carbocycles. The first-order chi connectivity index (χ1) is 11.8. The van der Waals surface area contributed by atoms with Gasteiger partial charge >= 0.3 is 5.97 Å². The molecule has 0 saturated carbocycles. The summed E-state index contributed by atoms with van der Waals surface area (Å²) >= 11 is 18.0. The molecular formula is C17H20Cl2N2O3S. The third-order valence-corrected chi connectivity index (χ3v) is 5.22. The van der Waals surface area contributed by atoms with E-state index in [0.29, 0.717) is 38.6 Å². The lowest BCUT2D eigenvalue weighted by Crippen LogP contribution is -2.52. The highest BCUT2D eigenvalue weighted by molar-refractivity contribution is 7.80. The maximum absolute atomic E-state index is 12.5. The van der Waals surface area contributed by atoms with Crippen molar-refractivity contribution >= 4 is 46.5 Å². The number of carbonyl (C=O) groups excluding carboxylic acids is 1. The van der Waals surface area contributed by atoms with Gasteiger partial charge in [0.1, 0.15) is 0 Å². The average Bonchev–Trinajstić information content (AvgIpc) is 2.56. The molecule has 136 valence electrons. The van der Waals surface area contributed by atoms with E-state index in [4.69, 9.17) is 44.9 Å². The highest BCUT2D eigenvalue weighted by atomic mass is 35.5. The van der Waals surface area contributed by atoms with Gasteiger partial charge in [-0.3, -0.25) is 0 Å². The van der Waals surface area contributed by atoms with Crippen LogP contribution in [0.2, 0.25) is 10.0 Å². The number of hydrogen-bond acceptors (Lipinski definition) is 4. The molecule has 0 spiro atoms. The number of rotatable bonds is 5. The zero-order valence-corrected chi connectivity index (χ0v) is 16.8. The molecule has 0 radical (unpaired) electrons. The summed E-state index contributed by atoms with van der Waals surface area (Å²) < 4.78 is 10.2. The number of ether oxygens (including phenoxy) is 2. The van der Waals surface area contributed by atoms with E-state index in [9.17, 15) is 4.79 Å². The average molecular weight is 403 g/mol. The molecule has 0 amide bonds. The van der Waals surface area contributed by atoms with Crippen molar-refractivity contribution < 1.29 is 14.3 Å². The summed E-state index contributed by atoms with van der Waals surface area (Å²) in [5, 5.41) is 4.45. The third kappa shape index (κ3) is 3.92. The van der Waals surface area contributed by atoms with Crippen molar-refractivity contribution in [3.8, 4) is 0 Å². The second kappa shape index (κ2) is 8.36. The first kappa shape index (κ1) is 20.0. The second-order valence-corrected chi connectivity index (χ2v) is 6.86. The Hall–Kier alpha value is -1.34. The van der Waals surface area contributed by atoms with Gasteiger partial charge in [-0.25, -0.2) is 4.79 Å². The lowest BCUT2D eigenvalue weighted by molar-refractivity contribution is -0.136. The zero-order valence-electron chi connectivity index (χ0n) is 14.4. The Morgan fingerprint density at radius 1 is 1.40 bits per heavy atom. The lowest BCUT2D eigenvalue weighted by atomic mass is 9.94. The van der Waals surface area contributed by atoms with Crippen molar-refractivity contribution in [2.75, 3.05) is 20.8 Å². The number of nitrogens with one attached hydrogen (secondary N) is 1. The van der Waals surface area contributed by atoms with E-state index in [0.717, 1.165) is 0 Å². The van der Waals surface area contributed by atoms with E-state index < -0.39 is 12.0 Å². The second-order valence-electron chi connectivity index (χ2n) is 5.69. The van der Waals surface area contributed by atoms with Crippen LogP contribution in [0.25, 0.3) is 0 Å². The van der Waals surface area contributed by atoms with Crippen LogP contribution in [0.4, 0.5) is 0 Å². The summed E-state index contributed by atoms with van der Waals surface area (Å²) in [4.78, 5) is 14.3. The van der Waals surface area contributed by atoms with Crippen LogP contribution in [0.3, 0.4) is 0 Å². The molecule has 0 fully saturated rings. The van der Waals surface area contributed by atoms with Crippen LogP contribution in [-0.4, -0.2) is 42.8 Å². The van der Waals surface area contributed by atoms with Crippen LogP contribution in [0.1, 0.15) is 25.5 Å². The Balaban J connectivity index is 2.60. The fourth-order valence-corrected chi connectivity index (χ4v) is 3.81. The first-order valence-electron chi connectivity index (χ1n) is 7.65. The Morgan fingerprint density at radius 3 is 2.68 bits per heavy atom. The molecule has 8 heteroatoms. The van der Waals surface area contributed by atoms with Crippen LogP contribution >= 0.6 is 35.4 Å². The molecule has 1 N–H and O–H groups in total. The first-order valence-corrected chi connectivity index (χ1v) is 8.81. The summed E-state index contributed by atoms with van der Waals surface area (Å²) in [6.45, 7) is 4.25. The van der Waals surface area contributed by atoms with Gasteiger partial charge in [0.05, 0.1) is 41.4 Å². The highest BCUT2D eigenvalue weighted by Crippen LogP contribution is 2.37. The van der Waals surface area contributed by atoms with Crippen LogP contribution < -0.4 is 5.32 Å². The maximum atomic E-state index is 12.5. The van der Waals surface area contributed by atoms with Gasteiger partial charge in [0, 0.05) is 12.8 Å². The Morgan fingerprint density at radius 2 is 2.08 bits per heavy atom. The summed E-state index contributed by atoms with van der Waals surface area (Å²) in [7, 11) is 2.96. The molecule has 1 aliphatic rings. The molecule has 2 atom stereocenters. The van der Waals surface area contributed by atoms with Crippen LogP contribution in [0.5, 0.6) is 0 Å². The molecule has 1 heterocycles. The molecule has 0 bridgehead atoms. The Labute approximate surface area is 162 Å². The predicted molar refractivity (Wildman–Crippen MR) is 103 cm³/mol. The Kier molecular flexibility index (Phi) is 6.68. The van der Waals surface area contributed by atoms with Gasteiger partial charge in [-0.15, -0.1) is 0 Å². The predicted octanol–water partition coefficient (Wildman–Crippen LogP) is 3.71. The third-order valence-electron chi connectivity index (χ3n) is 4.07. The van der Waals surface area contributed by atoms with Gasteiger partial charge in [0.25, 0.3) is 0 Å². The van der Waals surface area contributed by atoms with Crippen molar-refractivity contribution in [3.63, 3.8) is 0 Å². The van der Waals surface area contributed by atoms with E-state index in [-0.39, 0.29) is 6.04 Å². The molecule has 2 rings (SSSR count). The number of nitrogens with zero attached hydrogens (tertiary/aromatic N) is 1. The molecular weight excluding hydrogens is 383 g/mol. The quantitative estimate of drug-likeness (QED) is 0.598. The van der Waals surface area contributed by atoms with Crippen LogP contribution in [0.15, 0.2) is 29.5 Å². The lowest BCUT2D eigenvalue weighted by Gasteiger charge is -2.40. The number of hydrogen-bond donors (Lipinski definition) is 1. The minimum absolute atomic E-state index is 0.0551. The number of thiocarbonyl (C=S) groups is 1. The van der Waals surface area contributed by atoms with Gasteiger partial charge in [0.15, 0.2) is 5.11 Å². The Bertz CT molecular complexity index is 724. The molecule has 5 nitrogen and oxygen atoms in total. The van der Waals surface area contributed by atoms with Crippen molar-refractivity contribution in [1.82, 2.24) is 10.2 Å². The van der Waals surface area contributed by atoms with Gasteiger partial charge in [0.2, 0.25) is 0 Å². The molecule has 1 aliphatic heterocycles. The fourth-order valence-electron chi connectivity index (χ4n) is 2.95. The van der Waals surface area contributed by atoms with E-state index >= 15 is 0 Å². The normalized spacial score (nSPS) is 18.9. The molecule has 25 heavy (non-hydrogen) atoms. The minimum atomic E-state index is -0.544. The van der Waals surface area contributed by atoms with Crippen molar-refractivity contribution in [2.24, 2.45) is 0 Å². The summed E-state index contributed by atoms with van der Waals surface area (Å²) in [5.74, 6) is -0.455. The number of carbonyl (C=O) groups is 1. The monoisotopic (exact) mass is 402 g/mol. The van der Waals surface area contributed by atoms with Gasteiger partial charge in [-0.05, 0) is 37.7 Å². The molecule has 1 aromatic rings. The summed E-state index contributed by atoms with van der Waals surface area (Å²) in [5.41, 5.74) is 1.79. The minimum Gasteiger partial charge on any atom is -0.466 e. The van der Waals surface area contributed by atoms with Crippen molar-refractivity contribution in [3.05, 3.63) is 45.1 Å². The van der Waals surface area contributed by atoms with E-state index in [1.807, 2.05) is 18.7 Å². The standard InChI is InChI=1S/C17H20Cl2N2O3S/c1-9(8-23-3)21-10(2)13(16(22)24-4)15(20-17(21)25)11-6-5-7-12(18)14(11)19/h5-7,9,15H,8H2,1-4H3,(H,20,25)/t9-,15+/m0/s1. The summed E-state index contributed by atoms with van der Waals surface area (Å²) in [6.07, 6.45) is 0. The number of methoxy groups -OCH3 is 2. The van der Waals surface area contributed by atoms with Crippen molar-refractivity contribution in [2.45, 2.75) is 25.9 Å². The van der Waals surface area contributed by atoms with Gasteiger partial charge < -0.3 is 19.7 Å². The van der Waals surface area contributed by atoms with Crippen LogP contribution in [0, 0.1) is 0 Å². The van der Waals surface area contributed by atoms with Crippen LogP contribution in [-0.2, 0) is 14.3 Å². The van der Waals surface area contributed by atoms with E-state index in [1.165, 1.54) is 7.11 Å². The summed E-state index contributed by atoms with van der Waals surface area (Å²) in [6, 6.07) is 4.67. The molecule has 0 saturated heterocycles. The van der Waals surface area contributed by atoms with E-state index in [1.54, 1.807) is 25.3 Å². The van der Waals surface area contributed by atoms with Gasteiger partial charge in [-0.2, -0.15) is 0 Å². The maximum Gasteiger partial charge on any atom is 0.337 e. The number of allylic oxidation sites excluding steroid dienone is 1. The van der Waals surface area contributed by atoms with Gasteiger partial charge in [-0.1, -0.05) is 35.3 Å². The number of esters is 1. The SMILES string of the molecule is COC[C@H](C)N1C(=S)N[C@H](c2cccc(Cl)c2Cl)C(C(=O)OC)=C1C. The molecule has 0 unspecified atom stereocenters. The number of halogens is 2. The van der Waals surface area contributed by atoms with E-state index in [2.05, 4.69) is 5.32 Å². The largest absolute Gasteiger partial charge is 0.466 e. The number of benzene rings is 1. The zero-order chi connectivity index (χ0) is 18.7. The topological polar surface area (TPSA) is 50.8 Å². The molecule has 0 aromatic heterocycles.